The molecule has 0 saturated carbocycles. The number of rotatable bonds is 4. The minimum absolute atomic E-state index is 0.121. The van der Waals surface area contributed by atoms with E-state index in [1.54, 1.807) is 4.57 Å². The lowest BCUT2D eigenvalue weighted by Crippen LogP contribution is -2.32. The number of methoxy groups -OCH3 is 1. The normalized spacial score (nSPS) is 14.7. The number of nitrogens with zero attached hydrogens (tertiary/aromatic N) is 1. The number of aromatic nitrogens is 1. The van der Waals surface area contributed by atoms with Crippen molar-refractivity contribution >= 4 is 5.91 Å². The zero-order chi connectivity index (χ0) is 18.1. The highest BCUT2D eigenvalue weighted by molar-refractivity contribution is 5.98. The Hall–Kier alpha value is -2.96. The van der Waals surface area contributed by atoms with E-state index in [4.69, 9.17) is 14.2 Å². The summed E-state index contributed by atoms with van der Waals surface area (Å²) in [5, 5.41) is 2.92. The van der Waals surface area contributed by atoms with E-state index in [-0.39, 0.29) is 18.3 Å². The highest BCUT2D eigenvalue weighted by Gasteiger charge is 2.24. The largest absolute Gasteiger partial charge is 0.496 e. The van der Waals surface area contributed by atoms with E-state index in [0.29, 0.717) is 42.3 Å². The Balaban J connectivity index is 1.59. The van der Waals surface area contributed by atoms with E-state index in [0.717, 1.165) is 24.1 Å². The minimum Gasteiger partial charge on any atom is -0.496 e. The zero-order valence-electron chi connectivity index (χ0n) is 14.5. The molecule has 136 valence electrons. The summed E-state index contributed by atoms with van der Waals surface area (Å²) in [4.78, 5) is 25.1. The van der Waals surface area contributed by atoms with Gasteiger partial charge in [0, 0.05) is 24.8 Å². The number of benzene rings is 1. The summed E-state index contributed by atoms with van der Waals surface area (Å²) < 4.78 is 17.7. The number of hydrogen-bond donors (Lipinski definition) is 1. The summed E-state index contributed by atoms with van der Waals surface area (Å²) in [5.74, 6) is 1.47. The average molecular weight is 356 g/mol. The molecule has 26 heavy (non-hydrogen) atoms. The Bertz CT molecular complexity index is 919. The number of hydrogen-bond acceptors (Lipinski definition) is 5. The van der Waals surface area contributed by atoms with Crippen molar-refractivity contribution in [3.8, 4) is 17.2 Å². The molecule has 0 fully saturated rings. The average Bonchev–Trinajstić information content (AvgIpc) is 3.13. The predicted octanol–water partition coefficient (Wildman–Crippen LogP) is 1.85. The highest BCUT2D eigenvalue weighted by Crippen LogP contribution is 2.32. The molecule has 1 aromatic carbocycles. The summed E-state index contributed by atoms with van der Waals surface area (Å²) in [6.07, 6.45) is 2.59. The van der Waals surface area contributed by atoms with Crippen LogP contribution >= 0.6 is 0 Å². The molecule has 0 aliphatic carbocycles. The maximum Gasteiger partial charge on any atom is 0.257 e. The maximum atomic E-state index is 12.9. The van der Waals surface area contributed by atoms with Crippen molar-refractivity contribution in [2.45, 2.75) is 32.4 Å². The van der Waals surface area contributed by atoms with Crippen molar-refractivity contribution in [2.75, 3.05) is 13.9 Å². The summed E-state index contributed by atoms with van der Waals surface area (Å²) in [6, 6.07) is 6.96. The van der Waals surface area contributed by atoms with E-state index in [9.17, 15) is 9.59 Å². The van der Waals surface area contributed by atoms with Crippen LogP contribution in [0.4, 0.5) is 0 Å². The molecular formula is C19H20N2O5. The van der Waals surface area contributed by atoms with E-state index in [2.05, 4.69) is 5.32 Å². The number of ether oxygens (including phenoxy) is 3. The second-order valence-electron chi connectivity index (χ2n) is 6.35. The first-order valence-electron chi connectivity index (χ1n) is 8.65. The molecule has 0 radical (unpaired) electrons. The minimum atomic E-state index is -0.245. The fourth-order valence-corrected chi connectivity index (χ4v) is 3.47. The van der Waals surface area contributed by atoms with E-state index in [1.807, 2.05) is 18.2 Å². The smallest absolute Gasteiger partial charge is 0.257 e. The zero-order valence-corrected chi connectivity index (χ0v) is 14.5. The van der Waals surface area contributed by atoms with Gasteiger partial charge in [-0.25, -0.2) is 0 Å². The molecule has 1 N–H and O–H groups in total. The number of pyridine rings is 1. The van der Waals surface area contributed by atoms with Gasteiger partial charge in [0.2, 0.25) is 6.79 Å². The first-order chi connectivity index (χ1) is 12.7. The molecule has 2 aliphatic heterocycles. The van der Waals surface area contributed by atoms with Gasteiger partial charge in [0.25, 0.3) is 11.5 Å². The van der Waals surface area contributed by atoms with Crippen LogP contribution in [0.3, 0.4) is 0 Å². The lowest BCUT2D eigenvalue weighted by Gasteiger charge is -2.22. The topological polar surface area (TPSA) is 78.8 Å². The van der Waals surface area contributed by atoms with Crippen LogP contribution in [0.5, 0.6) is 17.2 Å². The van der Waals surface area contributed by atoms with Gasteiger partial charge in [0.15, 0.2) is 11.5 Å². The van der Waals surface area contributed by atoms with E-state index < -0.39 is 0 Å². The van der Waals surface area contributed by atoms with Crippen molar-refractivity contribution in [2.24, 2.45) is 0 Å². The fraction of sp³-hybridized carbons (Fsp3) is 0.368. The molecule has 0 atom stereocenters. The van der Waals surface area contributed by atoms with E-state index in [1.165, 1.54) is 13.2 Å². The van der Waals surface area contributed by atoms with Crippen LogP contribution in [0.15, 0.2) is 29.1 Å². The van der Waals surface area contributed by atoms with Gasteiger partial charge in [-0.2, -0.15) is 0 Å². The molecule has 7 heteroatoms. The molecule has 2 aromatic rings. The molecule has 1 amide bonds. The summed E-state index contributed by atoms with van der Waals surface area (Å²) >= 11 is 0. The molecule has 7 nitrogen and oxygen atoms in total. The van der Waals surface area contributed by atoms with Crippen molar-refractivity contribution < 1.29 is 19.0 Å². The van der Waals surface area contributed by atoms with Gasteiger partial charge >= 0.3 is 0 Å². The summed E-state index contributed by atoms with van der Waals surface area (Å²) in [5.41, 5.74) is 1.99. The molecule has 0 saturated heterocycles. The molecule has 3 heterocycles. The predicted molar refractivity (Wildman–Crippen MR) is 93.9 cm³/mol. The quantitative estimate of drug-likeness (QED) is 0.905. The van der Waals surface area contributed by atoms with Crippen molar-refractivity contribution in [1.29, 1.82) is 0 Å². The van der Waals surface area contributed by atoms with Crippen LogP contribution in [0.25, 0.3) is 0 Å². The van der Waals surface area contributed by atoms with Crippen LogP contribution in [0.1, 0.15) is 34.5 Å². The monoisotopic (exact) mass is 356 g/mol. The Morgan fingerprint density at radius 1 is 1.23 bits per heavy atom. The van der Waals surface area contributed by atoms with Gasteiger partial charge in [-0.05, 0) is 37.0 Å². The van der Waals surface area contributed by atoms with Crippen LogP contribution in [-0.4, -0.2) is 24.4 Å². The Kier molecular flexibility index (Phi) is 4.28. The Labute approximate surface area is 150 Å². The lowest BCUT2D eigenvalue weighted by atomic mass is 10.0. The van der Waals surface area contributed by atoms with Gasteiger partial charge in [-0.15, -0.1) is 0 Å². The van der Waals surface area contributed by atoms with Gasteiger partial charge < -0.3 is 24.1 Å². The van der Waals surface area contributed by atoms with Gasteiger partial charge in [0.05, 0.1) is 7.11 Å². The second-order valence-corrected chi connectivity index (χ2v) is 6.35. The number of nitrogens with one attached hydrogen (secondary N) is 1. The Morgan fingerprint density at radius 3 is 2.92 bits per heavy atom. The second kappa shape index (κ2) is 6.74. The first kappa shape index (κ1) is 16.5. The van der Waals surface area contributed by atoms with Gasteiger partial charge in [-0.1, -0.05) is 6.07 Å². The van der Waals surface area contributed by atoms with Crippen molar-refractivity contribution in [1.82, 2.24) is 9.88 Å². The van der Waals surface area contributed by atoms with Gasteiger partial charge in [0.1, 0.15) is 11.3 Å². The van der Waals surface area contributed by atoms with Crippen molar-refractivity contribution in [3.05, 3.63) is 51.4 Å². The van der Waals surface area contributed by atoms with Crippen LogP contribution in [-0.2, 0) is 19.5 Å². The molecule has 0 spiro atoms. The number of fused-ring (bicyclic) bond motifs is 2. The third kappa shape index (κ3) is 2.89. The SMILES string of the molecule is COc1cc(=O)n2c(c1C(=O)NCc1ccc3c(c1)OCO3)CCCC2. The highest BCUT2D eigenvalue weighted by atomic mass is 16.7. The van der Waals surface area contributed by atoms with Crippen LogP contribution in [0, 0.1) is 0 Å². The molecule has 4 rings (SSSR count). The summed E-state index contributed by atoms with van der Waals surface area (Å²) in [7, 11) is 1.48. The van der Waals surface area contributed by atoms with Crippen LogP contribution < -0.4 is 25.1 Å². The third-order valence-corrected chi connectivity index (χ3v) is 4.76. The van der Waals surface area contributed by atoms with Crippen molar-refractivity contribution in [3.63, 3.8) is 0 Å². The Morgan fingerprint density at radius 2 is 2.08 bits per heavy atom. The molecule has 2 aliphatic rings. The summed E-state index contributed by atoms with van der Waals surface area (Å²) in [6.45, 7) is 1.20. The van der Waals surface area contributed by atoms with Gasteiger partial charge in [-0.3, -0.25) is 9.59 Å². The molecular weight excluding hydrogens is 336 g/mol. The first-order valence-corrected chi connectivity index (χ1v) is 8.65. The molecule has 1 aromatic heterocycles. The number of carbonyl (C=O) groups excluding carboxylic acids is 1. The molecule has 0 bridgehead atoms. The fourth-order valence-electron chi connectivity index (χ4n) is 3.47. The van der Waals surface area contributed by atoms with E-state index >= 15 is 0 Å². The lowest BCUT2D eigenvalue weighted by molar-refractivity contribution is 0.0945. The number of carbonyl (C=O) groups is 1. The van der Waals surface area contributed by atoms with Crippen LogP contribution in [0.2, 0.25) is 0 Å². The maximum absolute atomic E-state index is 12.9. The standard InChI is InChI=1S/C19H20N2O5/c1-24-16-9-17(22)21-7-3-2-4-13(21)18(16)19(23)20-10-12-5-6-14-15(8-12)26-11-25-14/h5-6,8-9H,2-4,7,10-11H2,1H3,(H,20,23). The number of amides is 1. The third-order valence-electron chi connectivity index (χ3n) is 4.76. The molecule has 0 unspecified atom stereocenters.